The molecule has 6 heteroatoms. The van der Waals surface area contributed by atoms with Crippen LogP contribution in [-0.4, -0.2) is 41.1 Å². The van der Waals surface area contributed by atoms with Crippen LogP contribution in [-0.2, 0) is 4.74 Å². The number of rotatable bonds is 3. The number of anilines is 1. The van der Waals surface area contributed by atoms with Crippen molar-refractivity contribution in [1.82, 2.24) is 14.9 Å². The van der Waals surface area contributed by atoms with Gasteiger partial charge >= 0.3 is 0 Å². The van der Waals surface area contributed by atoms with Gasteiger partial charge in [0.1, 0.15) is 11.9 Å². The summed E-state index contributed by atoms with van der Waals surface area (Å²) in [6, 6.07) is 0. The molecule has 1 fully saturated rings. The lowest BCUT2D eigenvalue weighted by atomic mass is 10.2. The van der Waals surface area contributed by atoms with Crippen LogP contribution in [0.5, 0.6) is 0 Å². The van der Waals surface area contributed by atoms with Crippen molar-refractivity contribution in [2.24, 2.45) is 0 Å². The van der Waals surface area contributed by atoms with E-state index in [1.165, 1.54) is 0 Å². The van der Waals surface area contributed by atoms with Gasteiger partial charge in [0.15, 0.2) is 5.82 Å². The smallest absolute Gasteiger partial charge is 0.161 e. The number of nitrogens with zero attached hydrogens (tertiary/aromatic N) is 3. The first-order valence-corrected chi connectivity index (χ1v) is 7.04. The predicted octanol–water partition coefficient (Wildman–Crippen LogP) is 1.91. The summed E-state index contributed by atoms with van der Waals surface area (Å²) in [6.45, 7) is 7.73. The third-order valence-electron chi connectivity index (χ3n) is 3.04. The highest BCUT2D eigenvalue weighted by Gasteiger charge is 2.24. The summed E-state index contributed by atoms with van der Waals surface area (Å²) >= 11 is 3.37. The Balaban J connectivity index is 2.15. The molecule has 0 radical (unpaired) electrons. The number of hydrogen-bond donors (Lipinski definition) is 1. The van der Waals surface area contributed by atoms with Crippen LogP contribution in [0.2, 0.25) is 0 Å². The molecule has 100 valence electrons. The van der Waals surface area contributed by atoms with Crippen LogP contribution in [0, 0.1) is 6.92 Å². The van der Waals surface area contributed by atoms with E-state index in [1.807, 2.05) is 6.92 Å². The van der Waals surface area contributed by atoms with Crippen LogP contribution in [0.4, 0.5) is 5.82 Å². The van der Waals surface area contributed by atoms with E-state index in [4.69, 9.17) is 10.5 Å². The van der Waals surface area contributed by atoms with E-state index >= 15 is 0 Å². The molecule has 0 saturated carbocycles. The number of ether oxygens (including phenoxy) is 1. The molecule has 1 aromatic rings. The van der Waals surface area contributed by atoms with Gasteiger partial charge in [-0.3, -0.25) is 4.90 Å². The summed E-state index contributed by atoms with van der Waals surface area (Å²) in [5.41, 5.74) is 6.71. The number of aryl methyl sites for hydroxylation is 1. The molecule has 18 heavy (non-hydrogen) atoms. The van der Waals surface area contributed by atoms with Gasteiger partial charge in [-0.25, -0.2) is 9.97 Å². The van der Waals surface area contributed by atoms with Crippen LogP contribution in [0.1, 0.15) is 31.0 Å². The van der Waals surface area contributed by atoms with Gasteiger partial charge in [0.2, 0.25) is 0 Å². The lowest BCUT2D eigenvalue weighted by molar-refractivity contribution is -0.0342. The van der Waals surface area contributed by atoms with Crippen molar-refractivity contribution in [2.45, 2.75) is 26.4 Å². The standard InChI is InChI=1S/C12H19BrN4O/c1-3-4-17-5-6-18-9(7-17)12-15-8(2)10(13)11(14)16-12/h9H,3-7H2,1-2H3,(H2,14,15,16). The molecule has 2 rings (SSSR count). The van der Waals surface area contributed by atoms with Crippen molar-refractivity contribution in [3.05, 3.63) is 16.0 Å². The first kappa shape index (κ1) is 13.7. The molecule has 5 nitrogen and oxygen atoms in total. The SMILES string of the molecule is CCCN1CCOC(c2nc(C)c(Br)c(N)n2)C1. The van der Waals surface area contributed by atoms with Gasteiger partial charge in [0.05, 0.1) is 16.8 Å². The lowest BCUT2D eigenvalue weighted by Gasteiger charge is -2.32. The average molecular weight is 315 g/mol. The van der Waals surface area contributed by atoms with Crippen LogP contribution >= 0.6 is 15.9 Å². The van der Waals surface area contributed by atoms with Crippen molar-refractivity contribution in [2.75, 3.05) is 32.0 Å². The summed E-state index contributed by atoms with van der Waals surface area (Å²) in [5.74, 6) is 1.17. The highest BCUT2D eigenvalue weighted by Crippen LogP contribution is 2.25. The van der Waals surface area contributed by atoms with Gasteiger partial charge < -0.3 is 10.5 Å². The maximum Gasteiger partial charge on any atom is 0.161 e. The minimum Gasteiger partial charge on any atom is -0.383 e. The molecule has 1 aliphatic rings. The number of nitrogen functional groups attached to an aromatic ring is 1. The largest absolute Gasteiger partial charge is 0.383 e. The van der Waals surface area contributed by atoms with E-state index in [0.29, 0.717) is 11.6 Å². The fraction of sp³-hybridized carbons (Fsp3) is 0.667. The molecule has 0 amide bonds. The second-order valence-corrected chi connectivity index (χ2v) is 5.32. The Morgan fingerprint density at radius 1 is 1.50 bits per heavy atom. The summed E-state index contributed by atoms with van der Waals surface area (Å²) in [7, 11) is 0. The van der Waals surface area contributed by atoms with Gasteiger partial charge in [0, 0.05) is 13.1 Å². The molecule has 1 atom stereocenters. The lowest BCUT2D eigenvalue weighted by Crippen LogP contribution is -2.39. The maximum atomic E-state index is 5.85. The molecule has 2 N–H and O–H groups in total. The summed E-state index contributed by atoms with van der Waals surface area (Å²) in [5, 5.41) is 0. The third-order valence-corrected chi connectivity index (χ3v) is 4.02. The Morgan fingerprint density at radius 3 is 2.94 bits per heavy atom. The predicted molar refractivity (Wildman–Crippen MR) is 74.3 cm³/mol. The molecule has 0 aliphatic carbocycles. The fourth-order valence-corrected chi connectivity index (χ4v) is 2.30. The minimum atomic E-state index is -0.0700. The van der Waals surface area contributed by atoms with Gasteiger partial charge in [0.25, 0.3) is 0 Å². The van der Waals surface area contributed by atoms with Crippen LogP contribution in [0.25, 0.3) is 0 Å². The minimum absolute atomic E-state index is 0.0700. The molecule has 2 heterocycles. The zero-order valence-electron chi connectivity index (χ0n) is 10.8. The van der Waals surface area contributed by atoms with Crippen LogP contribution in [0.15, 0.2) is 4.47 Å². The number of hydrogen-bond acceptors (Lipinski definition) is 5. The Kier molecular flexibility index (Phi) is 4.53. The third kappa shape index (κ3) is 2.99. The maximum absolute atomic E-state index is 5.85. The Labute approximate surface area is 116 Å². The van der Waals surface area contributed by atoms with E-state index in [1.54, 1.807) is 0 Å². The molecule has 1 saturated heterocycles. The number of morpholine rings is 1. The molecule has 0 spiro atoms. The number of nitrogens with two attached hydrogens (primary N) is 1. The molecule has 1 aliphatic heterocycles. The second-order valence-electron chi connectivity index (χ2n) is 4.53. The molecular weight excluding hydrogens is 296 g/mol. The molecule has 1 aromatic heterocycles. The molecule has 0 aromatic carbocycles. The van der Waals surface area contributed by atoms with Crippen LogP contribution in [0.3, 0.4) is 0 Å². The van der Waals surface area contributed by atoms with Gasteiger partial charge in [-0.05, 0) is 35.8 Å². The van der Waals surface area contributed by atoms with Crippen molar-refractivity contribution >= 4 is 21.7 Å². The van der Waals surface area contributed by atoms with Crippen molar-refractivity contribution in [1.29, 1.82) is 0 Å². The van der Waals surface area contributed by atoms with E-state index < -0.39 is 0 Å². The summed E-state index contributed by atoms with van der Waals surface area (Å²) in [4.78, 5) is 11.2. The normalized spacial score (nSPS) is 21.2. The molecular formula is C12H19BrN4O. The fourth-order valence-electron chi connectivity index (χ4n) is 2.13. The van der Waals surface area contributed by atoms with Gasteiger partial charge in [-0.1, -0.05) is 6.92 Å². The zero-order chi connectivity index (χ0) is 13.1. The van der Waals surface area contributed by atoms with E-state index in [0.717, 1.165) is 42.8 Å². The highest BCUT2D eigenvalue weighted by molar-refractivity contribution is 9.10. The van der Waals surface area contributed by atoms with Gasteiger partial charge in [-0.2, -0.15) is 0 Å². The van der Waals surface area contributed by atoms with Gasteiger partial charge in [-0.15, -0.1) is 0 Å². The first-order chi connectivity index (χ1) is 8.61. The van der Waals surface area contributed by atoms with Crippen molar-refractivity contribution in [3.8, 4) is 0 Å². The monoisotopic (exact) mass is 314 g/mol. The quantitative estimate of drug-likeness (QED) is 0.923. The van der Waals surface area contributed by atoms with E-state index in [9.17, 15) is 0 Å². The summed E-state index contributed by atoms with van der Waals surface area (Å²) < 4.78 is 6.52. The van der Waals surface area contributed by atoms with E-state index in [2.05, 4.69) is 37.7 Å². The summed E-state index contributed by atoms with van der Waals surface area (Å²) in [6.07, 6.45) is 1.08. The van der Waals surface area contributed by atoms with E-state index in [-0.39, 0.29) is 6.10 Å². The Hall–Kier alpha value is -0.720. The first-order valence-electron chi connectivity index (χ1n) is 6.25. The van der Waals surface area contributed by atoms with Crippen molar-refractivity contribution < 1.29 is 4.74 Å². The number of aromatic nitrogens is 2. The van der Waals surface area contributed by atoms with Crippen LogP contribution < -0.4 is 5.73 Å². The topological polar surface area (TPSA) is 64.3 Å². The highest BCUT2D eigenvalue weighted by atomic mass is 79.9. The molecule has 0 bridgehead atoms. The number of halogens is 1. The molecule has 1 unspecified atom stereocenters. The second kappa shape index (κ2) is 5.95. The zero-order valence-corrected chi connectivity index (χ0v) is 12.4. The average Bonchev–Trinajstić information content (AvgIpc) is 2.36. The van der Waals surface area contributed by atoms with Crippen molar-refractivity contribution in [3.63, 3.8) is 0 Å². The Morgan fingerprint density at radius 2 is 2.28 bits per heavy atom. The Bertz CT molecular complexity index is 402.